The summed E-state index contributed by atoms with van der Waals surface area (Å²) < 4.78 is 0. The molecule has 36 nitrogen and oxygen atoms in total. The van der Waals surface area contributed by atoms with E-state index in [4.69, 9.17) is 17.2 Å². The molecule has 24 N–H and O–H groups in total. The Morgan fingerprint density at radius 1 is 0.430 bits per heavy atom. The molecule has 15 atom stereocenters. The summed E-state index contributed by atoms with van der Waals surface area (Å²) in [7, 11) is 0. The SMILES string of the molecule is C[C@@H]1NNCC(=O)C(=O)[C@H](CS)NNC(CS)C(=O)N[C@@H](CO)C(=O)N[C@@H]([C@@H](C)O)C(=O)N[C@@H](Cc2ccccc2)C(=O)N[C@@H]([C@@H](C)O)C(=O)C(=O)[C@H](CCCCN)NN[C@@H](Cc2c[nH]c3ccccc23)C(=O)C(=O)[C@H](Cc2ccccc2)NC(=O)C(Cc2ccccc2)NC(=O)[C@H](CC(N)=O)NC(=O)C(CCCCN)NC1=O. The Hall–Kier alpha value is -10.1. The third-order valence-corrected chi connectivity index (χ3v) is 19.3. The minimum absolute atomic E-state index is 0.0890. The van der Waals surface area contributed by atoms with Crippen molar-refractivity contribution in [2.45, 2.75) is 182 Å². The Morgan fingerprint density at radius 2 is 0.842 bits per heavy atom. The lowest BCUT2D eigenvalue weighted by Crippen LogP contribution is -2.63. The number of ketones is 6. The molecule has 5 aromatic rings. The Balaban J connectivity index is 1.43. The van der Waals surface area contributed by atoms with Crippen molar-refractivity contribution in [3.8, 4) is 0 Å². The number of rotatable bonds is 23. The van der Waals surface area contributed by atoms with Gasteiger partial charge in [-0.1, -0.05) is 116 Å². The highest BCUT2D eigenvalue weighted by atomic mass is 32.1. The molecule has 1 aromatic heterocycles. The molecule has 9 amide bonds. The molecule has 1 saturated heterocycles. The van der Waals surface area contributed by atoms with Crippen molar-refractivity contribution in [3.63, 3.8) is 0 Å². The number of hydrogen-bond acceptors (Lipinski definition) is 28. The van der Waals surface area contributed by atoms with E-state index in [1.165, 1.54) is 6.92 Å². The zero-order chi connectivity index (χ0) is 83.6. The minimum Gasteiger partial charge on any atom is -0.394 e. The number of fused-ring (bicyclic) bond motifs is 1. The van der Waals surface area contributed by atoms with E-state index in [2.05, 4.69) is 105 Å². The van der Waals surface area contributed by atoms with Crippen molar-refractivity contribution in [2.75, 3.05) is 37.7 Å². The Labute approximate surface area is 668 Å². The predicted molar refractivity (Wildman–Crippen MR) is 424 cm³/mol. The van der Waals surface area contributed by atoms with Crippen LogP contribution in [0.2, 0.25) is 0 Å². The molecule has 3 unspecified atom stereocenters. The molecule has 38 heteroatoms. The molecular formula is C76H104N18O18S2. The zero-order valence-corrected chi connectivity index (χ0v) is 65.1. The van der Waals surface area contributed by atoms with E-state index in [9.17, 15) is 72.9 Å². The van der Waals surface area contributed by atoms with Crippen LogP contribution >= 0.6 is 25.3 Å². The molecule has 1 aliphatic heterocycles. The molecule has 1 aliphatic rings. The first-order chi connectivity index (χ1) is 54.5. The normalized spacial score (nSPS) is 25.1. The summed E-state index contributed by atoms with van der Waals surface area (Å²) in [5, 5.41) is 53.0. The maximum Gasteiger partial charge on any atom is 0.245 e. The van der Waals surface area contributed by atoms with E-state index >= 15 is 14.4 Å². The van der Waals surface area contributed by atoms with Crippen LogP contribution < -0.4 is 92.3 Å². The van der Waals surface area contributed by atoms with E-state index < -0.39 is 198 Å². The first-order valence-electron chi connectivity index (χ1n) is 37.2. The molecule has 618 valence electrons. The Bertz CT molecular complexity index is 4110. The number of aromatic amines is 1. The fraction of sp³-hybridized carbons (Fsp3) is 0.461. The van der Waals surface area contributed by atoms with Crippen LogP contribution in [0.15, 0.2) is 121 Å². The van der Waals surface area contributed by atoms with Gasteiger partial charge in [0.25, 0.3) is 0 Å². The molecule has 0 radical (unpaired) electrons. The van der Waals surface area contributed by atoms with Crippen molar-refractivity contribution in [1.82, 2.24) is 80.1 Å². The summed E-state index contributed by atoms with van der Waals surface area (Å²) in [6.07, 6.45) is -3.47. The van der Waals surface area contributed by atoms with Crippen LogP contribution in [-0.2, 0) is 97.6 Å². The average Bonchev–Trinajstić information content (AvgIpc) is 1.61. The van der Waals surface area contributed by atoms with Crippen molar-refractivity contribution >= 4 is 124 Å². The maximum absolute atomic E-state index is 15.5. The largest absolute Gasteiger partial charge is 0.394 e. The standard InChI is InChI=1S/C76H104N18O18S2/c1-41-69(105)82-51(28-16-18-30-78)70(106)85-56(35-61(79)99)72(108)84-54(32-45-21-9-5-10-22-45)71(107)83-52(31-44-19-7-4-8-20-44)66(102)67(103)53(34-47-36-80-49-26-14-13-25-48(47)49)92-91-50(27-15-17-29-77)65(101)68(104)62(42(2)96)88-73(109)55(33-46-23-11-6-12-24-46)86-76(112)63(43(3)97)89-74(110)57(38-95)87-75(111)59(40-114)94-93-58(39-113)64(100)60(98)37-81-90-41/h4-14,19-26,36,41-43,50-59,62-63,80-81,90-97,113-114H,15-18,27-35,37-40,77-78H2,1-3H3,(H2,79,99)(H,82,105)(H,83,107)(H,84,108)(H,85,106)(H,86,112)(H,87,111)(H,88,109)(H,89,110)/t41-,42+,43+,50-,51?,52-,53-,54?,55-,56-,57-,58-,59?,62-,63-/m0/s1. The number of nitrogens with one attached hydrogen (secondary N) is 15. The molecule has 114 heavy (non-hydrogen) atoms. The van der Waals surface area contributed by atoms with Gasteiger partial charge in [-0.25, -0.2) is 32.6 Å². The van der Waals surface area contributed by atoms with Gasteiger partial charge in [0.1, 0.15) is 48.3 Å². The predicted octanol–water partition coefficient (Wildman–Crippen LogP) is -5.36. The second-order valence-electron chi connectivity index (χ2n) is 27.5. The first-order valence-corrected chi connectivity index (χ1v) is 38.5. The number of unbranched alkanes of at least 4 members (excludes halogenated alkanes) is 2. The number of carbonyl (C=O) groups excluding carboxylic acids is 15. The van der Waals surface area contributed by atoms with Gasteiger partial charge in [-0.15, -0.1) is 0 Å². The monoisotopic (exact) mass is 1620 g/mol. The van der Waals surface area contributed by atoms with Gasteiger partial charge < -0.3 is 80.0 Å². The third-order valence-electron chi connectivity index (χ3n) is 18.6. The van der Waals surface area contributed by atoms with Gasteiger partial charge in [0, 0.05) is 47.9 Å². The highest BCUT2D eigenvalue weighted by Crippen LogP contribution is 2.21. The molecule has 2 heterocycles. The number of amides is 9. The van der Waals surface area contributed by atoms with Crippen molar-refractivity contribution < 1.29 is 87.2 Å². The van der Waals surface area contributed by atoms with E-state index in [0.29, 0.717) is 39.6 Å². The topological polar surface area (TPSA) is 579 Å². The fourth-order valence-corrected chi connectivity index (χ4v) is 12.6. The number of para-hydroxylation sites is 1. The Morgan fingerprint density at radius 3 is 1.39 bits per heavy atom. The van der Waals surface area contributed by atoms with Gasteiger partial charge in [-0.05, 0) is 101 Å². The first kappa shape index (κ1) is 92.8. The van der Waals surface area contributed by atoms with Crippen molar-refractivity contribution in [1.29, 1.82) is 0 Å². The molecule has 1 fully saturated rings. The summed E-state index contributed by atoms with van der Waals surface area (Å²) in [4.78, 5) is 218. The molecule has 4 aromatic carbocycles. The second-order valence-corrected chi connectivity index (χ2v) is 28.2. The number of nitrogens with two attached hydrogens (primary N) is 3. The lowest BCUT2D eigenvalue weighted by atomic mass is 9.93. The molecule has 6 rings (SSSR count). The number of hydrogen-bond donors (Lipinski definition) is 23. The summed E-state index contributed by atoms with van der Waals surface area (Å²) in [5.41, 5.74) is 35.5. The zero-order valence-electron chi connectivity index (χ0n) is 63.3. The number of H-pyrrole nitrogens is 1. The van der Waals surface area contributed by atoms with E-state index in [0.717, 1.165) is 13.8 Å². The van der Waals surface area contributed by atoms with Crippen molar-refractivity contribution in [3.05, 3.63) is 144 Å². The van der Waals surface area contributed by atoms with Gasteiger partial charge in [-0.2, -0.15) is 25.3 Å². The van der Waals surface area contributed by atoms with Gasteiger partial charge in [0.15, 0.2) is 0 Å². The smallest absolute Gasteiger partial charge is 0.245 e. The van der Waals surface area contributed by atoms with Gasteiger partial charge in [-0.3, -0.25) is 71.9 Å². The van der Waals surface area contributed by atoms with Crippen LogP contribution in [0.4, 0.5) is 0 Å². The highest BCUT2D eigenvalue weighted by molar-refractivity contribution is 7.80. The quantitative estimate of drug-likeness (QED) is 0.0165. The maximum atomic E-state index is 15.5. The highest BCUT2D eigenvalue weighted by Gasteiger charge is 2.42. The van der Waals surface area contributed by atoms with Crippen LogP contribution in [0.5, 0.6) is 0 Å². The molecule has 0 bridgehead atoms. The van der Waals surface area contributed by atoms with Gasteiger partial charge in [0.2, 0.25) is 87.9 Å². The average molecular weight is 1620 g/mol. The second kappa shape index (κ2) is 47.6. The van der Waals surface area contributed by atoms with E-state index in [-0.39, 0.29) is 82.4 Å². The van der Waals surface area contributed by atoms with E-state index in [1.54, 1.807) is 121 Å². The number of benzene rings is 4. The van der Waals surface area contributed by atoms with Crippen LogP contribution in [0, 0.1) is 0 Å². The molecule has 0 aliphatic carbocycles. The fourth-order valence-electron chi connectivity index (χ4n) is 12.1. The minimum atomic E-state index is -2.07. The van der Waals surface area contributed by atoms with Crippen LogP contribution in [0.25, 0.3) is 10.9 Å². The van der Waals surface area contributed by atoms with E-state index in [1.807, 2.05) is 0 Å². The van der Waals surface area contributed by atoms with Crippen molar-refractivity contribution in [2.24, 2.45) is 17.2 Å². The summed E-state index contributed by atoms with van der Waals surface area (Å²) in [6.45, 7) is 1.93. The summed E-state index contributed by atoms with van der Waals surface area (Å²) in [6, 6.07) is 9.66. The number of aromatic nitrogens is 1. The lowest BCUT2D eigenvalue weighted by Gasteiger charge is -2.29. The van der Waals surface area contributed by atoms with Crippen LogP contribution in [-0.4, -0.2) is 237 Å². The number of aliphatic hydroxyl groups excluding tert-OH is 3. The number of hydrazine groups is 3. The Kier molecular flexibility index (Phi) is 38.7. The van der Waals surface area contributed by atoms with Crippen LogP contribution in [0.3, 0.4) is 0 Å². The molecule has 0 saturated carbocycles. The summed E-state index contributed by atoms with van der Waals surface area (Å²) >= 11 is 8.37. The van der Waals surface area contributed by atoms with Gasteiger partial charge in [0.05, 0.1) is 62.0 Å². The van der Waals surface area contributed by atoms with Gasteiger partial charge >= 0.3 is 0 Å². The third kappa shape index (κ3) is 28.8. The number of Topliss-reactive ketones (excluding diaryl/α,β-unsaturated/α-hetero) is 6. The summed E-state index contributed by atoms with van der Waals surface area (Å²) in [5.74, 6) is -17.8. The number of aliphatic hydroxyl groups is 3. The van der Waals surface area contributed by atoms with Crippen LogP contribution in [0.1, 0.15) is 88.0 Å². The number of primary amides is 1. The molecule has 0 spiro atoms. The molecular weight excluding hydrogens is 1520 g/mol. The lowest BCUT2D eigenvalue weighted by molar-refractivity contribution is -0.143. The number of thiol groups is 2. The number of carbonyl (C=O) groups is 15.